The lowest BCUT2D eigenvalue weighted by molar-refractivity contribution is -0.114. The minimum Gasteiger partial charge on any atom is -0.325 e. The number of nitrogens with one attached hydrogen (secondary N) is 2. The fourth-order valence-corrected chi connectivity index (χ4v) is 2.36. The molecule has 2 amide bonds. The van der Waals surface area contributed by atoms with Gasteiger partial charge in [0.1, 0.15) is 12.3 Å². The van der Waals surface area contributed by atoms with E-state index in [1.165, 1.54) is 24.3 Å². The van der Waals surface area contributed by atoms with Gasteiger partial charge in [0.2, 0.25) is 11.8 Å². The van der Waals surface area contributed by atoms with E-state index in [1.54, 1.807) is 0 Å². The first kappa shape index (κ1) is 18.5. The average Bonchev–Trinajstić information content (AvgIpc) is 2.22. The molecule has 6 N–H and O–H groups in total. The van der Waals surface area contributed by atoms with E-state index in [9.17, 15) is 18.7 Å². The van der Waals surface area contributed by atoms with Crippen LogP contribution in [0.25, 0.3) is 0 Å². The van der Waals surface area contributed by atoms with Gasteiger partial charge in [-0.25, -0.2) is 0 Å². The number of carbonyl (C=O) groups is 2. The average molecular weight is 352 g/mol. The zero-order chi connectivity index (χ0) is 17.0. The monoisotopic (exact) mass is 352 g/mol. The highest BCUT2D eigenvalue weighted by Gasteiger charge is 2.20. The predicted octanol–water partition coefficient (Wildman–Crippen LogP) is -0.0810. The number of carbonyl (C=O) groups excluding carboxylic acids is 2. The number of benzene rings is 1. The molecule has 0 radical (unpaired) electrons. The Kier molecular flexibility index (Phi) is 6.01. The topological polar surface area (TPSA) is 173 Å². The van der Waals surface area contributed by atoms with Crippen molar-refractivity contribution >= 4 is 38.4 Å². The third-order valence-corrected chi connectivity index (χ3v) is 3.53. The SMILES string of the molecule is O=C(CP(=O)(O)O)Nc1cccc(NC(=O)CP(=O)(O)O)c1. The van der Waals surface area contributed by atoms with E-state index >= 15 is 0 Å². The Bertz CT molecular complexity index is 611. The van der Waals surface area contributed by atoms with Crippen molar-refractivity contribution in [2.45, 2.75) is 0 Å². The molecule has 0 aliphatic carbocycles. The molecule has 1 aromatic rings. The van der Waals surface area contributed by atoms with Crippen LogP contribution in [-0.4, -0.2) is 43.7 Å². The molecule has 122 valence electrons. The van der Waals surface area contributed by atoms with Gasteiger partial charge in [0.15, 0.2) is 0 Å². The van der Waals surface area contributed by atoms with Crippen molar-refractivity contribution in [2.75, 3.05) is 23.0 Å². The molecule has 1 aromatic carbocycles. The Morgan fingerprint density at radius 3 is 1.55 bits per heavy atom. The van der Waals surface area contributed by atoms with Gasteiger partial charge in [-0.05, 0) is 18.2 Å². The van der Waals surface area contributed by atoms with Crippen molar-refractivity contribution in [3.8, 4) is 0 Å². The normalized spacial score (nSPS) is 11.8. The van der Waals surface area contributed by atoms with Crippen molar-refractivity contribution < 1.29 is 38.3 Å². The first-order valence-corrected chi connectivity index (χ1v) is 9.33. The van der Waals surface area contributed by atoms with Gasteiger partial charge in [0.25, 0.3) is 0 Å². The summed E-state index contributed by atoms with van der Waals surface area (Å²) in [5.41, 5.74) is 0.319. The van der Waals surface area contributed by atoms with Gasteiger partial charge >= 0.3 is 15.2 Å². The maximum atomic E-state index is 11.4. The van der Waals surface area contributed by atoms with Crippen molar-refractivity contribution in [3.63, 3.8) is 0 Å². The minimum atomic E-state index is -4.49. The highest BCUT2D eigenvalue weighted by molar-refractivity contribution is 7.53. The van der Waals surface area contributed by atoms with Crippen LogP contribution < -0.4 is 10.6 Å². The molecule has 0 fully saturated rings. The third kappa shape index (κ3) is 8.04. The molecule has 1 rings (SSSR count). The van der Waals surface area contributed by atoms with Crippen LogP contribution in [0.5, 0.6) is 0 Å². The Balaban J connectivity index is 2.70. The van der Waals surface area contributed by atoms with Crippen LogP contribution in [0.2, 0.25) is 0 Å². The van der Waals surface area contributed by atoms with Crippen LogP contribution in [0, 0.1) is 0 Å². The van der Waals surface area contributed by atoms with E-state index in [0.29, 0.717) is 0 Å². The van der Waals surface area contributed by atoms with Crippen LogP contribution in [0.15, 0.2) is 24.3 Å². The van der Waals surface area contributed by atoms with Gasteiger partial charge < -0.3 is 30.2 Å². The van der Waals surface area contributed by atoms with E-state index in [4.69, 9.17) is 19.6 Å². The summed E-state index contributed by atoms with van der Waals surface area (Å²) in [6, 6.07) is 5.53. The molecule has 0 atom stereocenters. The molecular formula is C10H14N2O8P2. The smallest absolute Gasteiger partial charge is 0.325 e. The zero-order valence-electron chi connectivity index (χ0n) is 11.0. The molecule has 0 saturated carbocycles. The quantitative estimate of drug-likeness (QED) is 0.385. The molecule has 0 aliphatic rings. The molecule has 0 unspecified atom stereocenters. The van der Waals surface area contributed by atoms with Crippen LogP contribution in [0.3, 0.4) is 0 Å². The van der Waals surface area contributed by atoms with E-state index < -0.39 is 39.3 Å². The Hall–Kier alpha value is -1.54. The van der Waals surface area contributed by atoms with Crippen molar-refractivity contribution in [1.82, 2.24) is 0 Å². The Morgan fingerprint density at radius 2 is 1.23 bits per heavy atom. The molecule has 10 nitrogen and oxygen atoms in total. The summed E-state index contributed by atoms with van der Waals surface area (Å²) in [6.45, 7) is 0. The van der Waals surface area contributed by atoms with Crippen LogP contribution in [0.1, 0.15) is 0 Å². The highest BCUT2D eigenvalue weighted by Crippen LogP contribution is 2.34. The van der Waals surface area contributed by atoms with Crippen LogP contribution in [-0.2, 0) is 18.7 Å². The summed E-state index contributed by atoms with van der Waals surface area (Å²) in [6.07, 6.45) is -1.97. The fourth-order valence-electron chi connectivity index (χ4n) is 1.45. The first-order valence-electron chi connectivity index (χ1n) is 5.73. The zero-order valence-corrected chi connectivity index (χ0v) is 12.8. The molecule has 22 heavy (non-hydrogen) atoms. The van der Waals surface area contributed by atoms with Crippen LogP contribution >= 0.6 is 15.2 Å². The number of rotatable bonds is 6. The van der Waals surface area contributed by atoms with Gasteiger partial charge in [-0.15, -0.1) is 0 Å². The number of hydrogen-bond donors (Lipinski definition) is 6. The number of hydrogen-bond acceptors (Lipinski definition) is 4. The molecule has 12 heteroatoms. The van der Waals surface area contributed by atoms with Crippen LogP contribution in [0.4, 0.5) is 11.4 Å². The summed E-state index contributed by atoms with van der Waals surface area (Å²) in [5.74, 6) is -1.82. The van der Waals surface area contributed by atoms with Crippen molar-refractivity contribution in [2.24, 2.45) is 0 Å². The first-order chi connectivity index (χ1) is 9.94. The molecule has 0 spiro atoms. The molecule has 0 aromatic heterocycles. The standard InChI is InChI=1S/C10H14N2O8P2/c13-9(5-21(15,16)17)11-7-2-1-3-8(4-7)12-10(14)6-22(18,19)20/h1-4H,5-6H2,(H,11,13)(H,12,14)(H2,15,16,17)(H2,18,19,20). The van der Waals surface area contributed by atoms with E-state index in [2.05, 4.69) is 10.6 Å². The maximum Gasteiger partial charge on any atom is 0.334 e. The minimum absolute atomic E-state index is 0.160. The lowest BCUT2D eigenvalue weighted by atomic mass is 10.2. The molecule has 0 heterocycles. The largest absolute Gasteiger partial charge is 0.334 e. The van der Waals surface area contributed by atoms with E-state index in [-0.39, 0.29) is 11.4 Å². The second-order valence-corrected chi connectivity index (χ2v) is 7.61. The third-order valence-electron chi connectivity index (χ3n) is 2.13. The summed E-state index contributed by atoms with van der Waals surface area (Å²) in [5, 5.41) is 4.45. The molecular weight excluding hydrogens is 338 g/mol. The van der Waals surface area contributed by atoms with Gasteiger partial charge in [-0.3, -0.25) is 18.7 Å². The highest BCUT2D eigenvalue weighted by atomic mass is 31.2. The van der Waals surface area contributed by atoms with Gasteiger partial charge in [-0.2, -0.15) is 0 Å². The summed E-state index contributed by atoms with van der Waals surface area (Å²) in [7, 11) is -8.97. The lowest BCUT2D eigenvalue weighted by Gasteiger charge is -2.09. The van der Waals surface area contributed by atoms with Gasteiger partial charge in [0.05, 0.1) is 0 Å². The second-order valence-electron chi connectivity index (χ2n) is 4.32. The lowest BCUT2D eigenvalue weighted by Crippen LogP contribution is -2.18. The number of amides is 2. The summed E-state index contributed by atoms with van der Waals surface area (Å²) < 4.78 is 21.4. The summed E-state index contributed by atoms with van der Waals surface area (Å²) >= 11 is 0. The summed E-state index contributed by atoms with van der Waals surface area (Å²) in [4.78, 5) is 57.4. The van der Waals surface area contributed by atoms with E-state index in [1.807, 2.05) is 0 Å². The van der Waals surface area contributed by atoms with Gasteiger partial charge in [-0.1, -0.05) is 6.07 Å². The Labute approximate surface area is 124 Å². The van der Waals surface area contributed by atoms with Gasteiger partial charge in [0, 0.05) is 11.4 Å². The molecule has 0 bridgehead atoms. The molecule has 0 saturated heterocycles. The van der Waals surface area contributed by atoms with Crippen molar-refractivity contribution in [1.29, 1.82) is 0 Å². The van der Waals surface area contributed by atoms with E-state index in [0.717, 1.165) is 0 Å². The second kappa shape index (κ2) is 7.15. The predicted molar refractivity (Wildman–Crippen MR) is 77.5 cm³/mol. The number of anilines is 2. The Morgan fingerprint density at radius 1 is 0.864 bits per heavy atom. The molecule has 0 aliphatic heterocycles. The fraction of sp³-hybridized carbons (Fsp3) is 0.200. The van der Waals surface area contributed by atoms with Crippen molar-refractivity contribution in [3.05, 3.63) is 24.3 Å². The maximum absolute atomic E-state index is 11.4.